The lowest BCUT2D eigenvalue weighted by Gasteiger charge is -2.10. The Balaban J connectivity index is 1.76. The van der Waals surface area contributed by atoms with Crippen LogP contribution in [-0.4, -0.2) is 15.7 Å². The predicted molar refractivity (Wildman–Crippen MR) is 100 cm³/mol. The second-order valence-corrected chi connectivity index (χ2v) is 5.91. The molecule has 2 aromatic carbocycles. The first-order valence-corrected chi connectivity index (χ1v) is 8.29. The molecule has 128 valence electrons. The lowest BCUT2D eigenvalue weighted by Crippen LogP contribution is -2.17. The number of carbonyl (C=O) groups is 1. The molecule has 0 saturated carbocycles. The second kappa shape index (κ2) is 6.72. The molecule has 0 aliphatic carbocycles. The molecule has 1 N–H and O–H groups in total. The molecule has 26 heavy (non-hydrogen) atoms. The highest BCUT2D eigenvalue weighted by atomic mass is 16.3. The number of rotatable bonds is 4. The third-order valence-electron chi connectivity index (χ3n) is 4.11. The topological polar surface area (TPSA) is 60.1 Å². The summed E-state index contributed by atoms with van der Waals surface area (Å²) in [5.74, 6) is 0.387. The quantitative estimate of drug-likeness (QED) is 0.584. The summed E-state index contributed by atoms with van der Waals surface area (Å²) in [5, 5.41) is 7.54. The van der Waals surface area contributed by atoms with Crippen LogP contribution in [0.4, 0.5) is 5.69 Å². The molecule has 0 spiro atoms. The highest BCUT2D eigenvalue weighted by molar-refractivity contribution is 6.04. The molecular formula is C21H17N3O2. The molecule has 0 fully saturated rings. The molecule has 0 unspecified atom stereocenters. The molecule has 2 aromatic heterocycles. The van der Waals surface area contributed by atoms with Crippen LogP contribution in [0, 0.1) is 6.92 Å². The summed E-state index contributed by atoms with van der Waals surface area (Å²) in [5.41, 5.74) is 3.62. The van der Waals surface area contributed by atoms with Crippen molar-refractivity contribution in [1.29, 1.82) is 0 Å². The van der Waals surface area contributed by atoms with Crippen molar-refractivity contribution in [3.8, 4) is 17.1 Å². The molecule has 0 radical (unpaired) electrons. The van der Waals surface area contributed by atoms with Crippen LogP contribution in [0.5, 0.6) is 0 Å². The Morgan fingerprint density at radius 2 is 1.77 bits per heavy atom. The van der Waals surface area contributed by atoms with Crippen molar-refractivity contribution >= 4 is 11.6 Å². The highest BCUT2D eigenvalue weighted by Crippen LogP contribution is 2.23. The zero-order valence-corrected chi connectivity index (χ0v) is 14.2. The van der Waals surface area contributed by atoms with Gasteiger partial charge in [0.05, 0.1) is 12.0 Å². The first kappa shape index (κ1) is 15.9. The predicted octanol–water partition coefficient (Wildman–Crippen LogP) is 4.69. The molecule has 5 heteroatoms. The van der Waals surface area contributed by atoms with E-state index < -0.39 is 0 Å². The van der Waals surface area contributed by atoms with E-state index in [1.165, 1.54) is 0 Å². The van der Waals surface area contributed by atoms with Gasteiger partial charge in [-0.2, -0.15) is 5.10 Å². The number of aromatic nitrogens is 2. The van der Waals surface area contributed by atoms with E-state index in [0.717, 1.165) is 16.9 Å². The van der Waals surface area contributed by atoms with Gasteiger partial charge < -0.3 is 9.73 Å². The fourth-order valence-electron chi connectivity index (χ4n) is 2.75. The van der Waals surface area contributed by atoms with Crippen LogP contribution < -0.4 is 5.32 Å². The molecule has 0 bridgehead atoms. The number of hydrogen-bond acceptors (Lipinski definition) is 3. The summed E-state index contributed by atoms with van der Waals surface area (Å²) in [7, 11) is 0. The summed E-state index contributed by atoms with van der Waals surface area (Å²) >= 11 is 0. The van der Waals surface area contributed by atoms with Gasteiger partial charge in [0.2, 0.25) is 0 Å². The Labute approximate surface area is 150 Å². The number of para-hydroxylation sites is 2. The molecule has 4 aromatic rings. The first-order chi connectivity index (χ1) is 12.7. The molecule has 5 nitrogen and oxygen atoms in total. The van der Waals surface area contributed by atoms with Gasteiger partial charge >= 0.3 is 0 Å². The maximum Gasteiger partial charge on any atom is 0.274 e. The van der Waals surface area contributed by atoms with Crippen molar-refractivity contribution in [3.05, 3.63) is 90.3 Å². The van der Waals surface area contributed by atoms with Gasteiger partial charge in [0.25, 0.3) is 5.91 Å². The van der Waals surface area contributed by atoms with Crippen LogP contribution in [0.3, 0.4) is 0 Å². The number of amides is 1. The maximum absolute atomic E-state index is 12.9. The Kier molecular flexibility index (Phi) is 4.11. The Hall–Kier alpha value is -3.60. The Morgan fingerprint density at radius 3 is 2.50 bits per heavy atom. The number of nitrogens with one attached hydrogen (secondary N) is 1. The molecule has 0 saturated heterocycles. The van der Waals surface area contributed by atoms with Crippen molar-refractivity contribution < 1.29 is 9.21 Å². The number of aryl methyl sites for hydroxylation is 1. The van der Waals surface area contributed by atoms with Crippen molar-refractivity contribution in [2.45, 2.75) is 6.92 Å². The third kappa shape index (κ3) is 3.02. The lowest BCUT2D eigenvalue weighted by atomic mass is 10.2. The van der Waals surface area contributed by atoms with Gasteiger partial charge in [0.1, 0.15) is 11.4 Å². The van der Waals surface area contributed by atoms with E-state index in [9.17, 15) is 4.79 Å². The summed E-state index contributed by atoms with van der Waals surface area (Å²) in [6.07, 6.45) is 1.59. The van der Waals surface area contributed by atoms with Gasteiger partial charge in [0, 0.05) is 11.8 Å². The fraction of sp³-hybridized carbons (Fsp3) is 0.0476. The SMILES string of the molecule is Cc1ccccc1NC(=O)c1cc(-c2ccco2)nn1-c1ccccc1. The number of benzene rings is 2. The van der Waals surface area contributed by atoms with Crippen LogP contribution in [0.2, 0.25) is 0 Å². The summed E-state index contributed by atoms with van der Waals surface area (Å²) in [6.45, 7) is 1.96. The van der Waals surface area contributed by atoms with Crippen LogP contribution in [0.15, 0.2) is 83.5 Å². The van der Waals surface area contributed by atoms with E-state index in [1.807, 2.05) is 67.6 Å². The van der Waals surface area contributed by atoms with E-state index in [1.54, 1.807) is 23.1 Å². The monoisotopic (exact) mass is 343 g/mol. The Morgan fingerprint density at radius 1 is 1.00 bits per heavy atom. The number of hydrogen-bond donors (Lipinski definition) is 1. The van der Waals surface area contributed by atoms with Crippen LogP contribution in [0.25, 0.3) is 17.1 Å². The smallest absolute Gasteiger partial charge is 0.274 e. The van der Waals surface area contributed by atoms with Gasteiger partial charge in [-0.3, -0.25) is 4.79 Å². The van der Waals surface area contributed by atoms with Crippen LogP contribution in [-0.2, 0) is 0 Å². The van der Waals surface area contributed by atoms with E-state index in [4.69, 9.17) is 4.42 Å². The van der Waals surface area contributed by atoms with Gasteiger partial charge in [0.15, 0.2) is 5.76 Å². The van der Waals surface area contributed by atoms with E-state index in [0.29, 0.717) is 17.1 Å². The minimum Gasteiger partial charge on any atom is -0.463 e. The first-order valence-electron chi connectivity index (χ1n) is 8.29. The molecule has 1 amide bonds. The van der Waals surface area contributed by atoms with E-state index in [-0.39, 0.29) is 5.91 Å². The van der Waals surface area contributed by atoms with Gasteiger partial charge in [-0.25, -0.2) is 4.68 Å². The van der Waals surface area contributed by atoms with Gasteiger partial charge in [-0.05, 0) is 42.8 Å². The largest absolute Gasteiger partial charge is 0.463 e. The maximum atomic E-state index is 12.9. The van der Waals surface area contributed by atoms with Crippen molar-refractivity contribution in [1.82, 2.24) is 9.78 Å². The number of carbonyl (C=O) groups excluding carboxylic acids is 1. The number of anilines is 1. The van der Waals surface area contributed by atoms with Crippen molar-refractivity contribution in [2.75, 3.05) is 5.32 Å². The van der Waals surface area contributed by atoms with Gasteiger partial charge in [-0.15, -0.1) is 0 Å². The summed E-state index contributed by atoms with van der Waals surface area (Å²) in [4.78, 5) is 12.9. The van der Waals surface area contributed by atoms with Gasteiger partial charge in [-0.1, -0.05) is 36.4 Å². The highest BCUT2D eigenvalue weighted by Gasteiger charge is 2.19. The number of nitrogens with zero attached hydrogens (tertiary/aromatic N) is 2. The van der Waals surface area contributed by atoms with E-state index in [2.05, 4.69) is 10.4 Å². The lowest BCUT2D eigenvalue weighted by molar-refractivity contribution is 0.101. The van der Waals surface area contributed by atoms with Crippen molar-refractivity contribution in [2.24, 2.45) is 0 Å². The normalized spacial score (nSPS) is 10.7. The molecule has 0 atom stereocenters. The molecular weight excluding hydrogens is 326 g/mol. The molecule has 2 heterocycles. The zero-order chi connectivity index (χ0) is 17.9. The molecule has 0 aliphatic heterocycles. The average molecular weight is 343 g/mol. The Bertz CT molecular complexity index is 1030. The summed E-state index contributed by atoms with van der Waals surface area (Å²) in [6, 6.07) is 22.6. The summed E-state index contributed by atoms with van der Waals surface area (Å²) < 4.78 is 7.06. The van der Waals surface area contributed by atoms with Crippen molar-refractivity contribution in [3.63, 3.8) is 0 Å². The molecule has 4 rings (SSSR count). The third-order valence-corrected chi connectivity index (χ3v) is 4.11. The average Bonchev–Trinajstić information content (AvgIpc) is 3.34. The van der Waals surface area contributed by atoms with E-state index >= 15 is 0 Å². The molecule has 0 aliphatic rings. The van der Waals surface area contributed by atoms with Crippen LogP contribution in [0.1, 0.15) is 16.1 Å². The number of furan rings is 1. The fourth-order valence-corrected chi connectivity index (χ4v) is 2.75. The minimum atomic E-state index is -0.228. The second-order valence-electron chi connectivity index (χ2n) is 5.91. The minimum absolute atomic E-state index is 0.228. The van der Waals surface area contributed by atoms with Crippen LogP contribution >= 0.6 is 0 Å². The zero-order valence-electron chi connectivity index (χ0n) is 14.2. The standard InChI is InChI=1S/C21H17N3O2/c1-15-8-5-6-11-17(15)22-21(25)19-14-18(20-12-7-13-26-20)23-24(19)16-9-3-2-4-10-16/h2-14H,1H3,(H,22,25).